The molecule has 5 nitrogen and oxygen atoms in total. The summed E-state index contributed by atoms with van der Waals surface area (Å²) < 4.78 is 0. The largest absolute Gasteiger partial charge is 0.350 e. The molecule has 0 aliphatic heterocycles. The Bertz CT molecular complexity index is 430. The van der Waals surface area contributed by atoms with Gasteiger partial charge in [-0.25, -0.2) is 9.97 Å². The van der Waals surface area contributed by atoms with Gasteiger partial charge >= 0.3 is 0 Å². The molecule has 0 unspecified atom stereocenters. The summed E-state index contributed by atoms with van der Waals surface area (Å²) in [6.45, 7) is 3.44. The van der Waals surface area contributed by atoms with Crippen LogP contribution < -0.4 is 10.2 Å². The molecule has 0 aliphatic rings. The predicted molar refractivity (Wildman–Crippen MR) is 81.4 cm³/mol. The lowest BCUT2D eigenvalue weighted by Gasteiger charge is -2.17. The van der Waals surface area contributed by atoms with E-state index in [1.807, 2.05) is 11.9 Å². The first-order chi connectivity index (χ1) is 9.10. The summed E-state index contributed by atoms with van der Waals surface area (Å²) in [4.78, 5) is 22.2. The highest BCUT2D eigenvalue weighted by atomic mass is 35.5. The van der Waals surface area contributed by atoms with Crippen molar-refractivity contribution in [2.24, 2.45) is 0 Å². The number of aromatic nitrogens is 2. The highest BCUT2D eigenvalue weighted by Crippen LogP contribution is 2.16. The number of amides is 1. The molecule has 1 aromatic rings. The molecule has 0 spiro atoms. The van der Waals surface area contributed by atoms with Crippen LogP contribution in [-0.4, -0.2) is 41.8 Å². The van der Waals surface area contributed by atoms with Crippen molar-refractivity contribution in [2.75, 3.05) is 30.8 Å². The van der Waals surface area contributed by atoms with Crippen molar-refractivity contribution in [2.45, 2.75) is 19.8 Å². The molecule has 0 bridgehead atoms. The highest BCUT2D eigenvalue weighted by Gasteiger charge is 2.15. The van der Waals surface area contributed by atoms with E-state index < -0.39 is 0 Å². The van der Waals surface area contributed by atoms with E-state index in [-0.39, 0.29) is 16.6 Å². The predicted octanol–water partition coefficient (Wildman–Crippen LogP) is 2.03. The lowest BCUT2D eigenvalue weighted by molar-refractivity contribution is 0.0951. The number of halogens is 1. The molecule has 1 rings (SSSR count). The minimum atomic E-state index is -0.299. The number of nitrogens with zero attached hydrogens (tertiary/aromatic N) is 3. The summed E-state index contributed by atoms with van der Waals surface area (Å²) in [6.07, 6.45) is 3.60. The Morgan fingerprint density at radius 1 is 1.58 bits per heavy atom. The number of hydrogen-bond acceptors (Lipinski definition) is 5. The van der Waals surface area contributed by atoms with Crippen molar-refractivity contribution in [1.29, 1.82) is 0 Å². The summed E-state index contributed by atoms with van der Waals surface area (Å²) in [6, 6.07) is 0. The number of rotatable bonds is 7. The van der Waals surface area contributed by atoms with E-state index in [0.717, 1.165) is 19.4 Å². The molecule has 1 amide bonds. The third kappa shape index (κ3) is 4.87. The molecule has 0 saturated heterocycles. The third-order valence-electron chi connectivity index (χ3n) is 2.53. The van der Waals surface area contributed by atoms with Crippen LogP contribution in [0, 0.1) is 0 Å². The van der Waals surface area contributed by atoms with E-state index in [4.69, 9.17) is 11.6 Å². The minimum Gasteiger partial charge on any atom is -0.350 e. The van der Waals surface area contributed by atoms with Crippen LogP contribution >= 0.6 is 24.2 Å². The fourth-order valence-corrected chi connectivity index (χ4v) is 1.74. The summed E-state index contributed by atoms with van der Waals surface area (Å²) in [5.41, 5.74) is 0.205. The summed E-state index contributed by atoms with van der Waals surface area (Å²) in [7, 11) is 1.90. The smallest absolute Gasteiger partial charge is 0.271 e. The van der Waals surface area contributed by atoms with E-state index >= 15 is 0 Å². The number of carbonyl (C=O) groups is 1. The van der Waals surface area contributed by atoms with Crippen molar-refractivity contribution in [3.05, 3.63) is 16.9 Å². The van der Waals surface area contributed by atoms with Crippen molar-refractivity contribution < 1.29 is 4.79 Å². The van der Waals surface area contributed by atoms with E-state index in [1.165, 1.54) is 6.20 Å². The first-order valence-corrected chi connectivity index (χ1v) is 7.24. The van der Waals surface area contributed by atoms with Gasteiger partial charge in [-0.2, -0.15) is 12.6 Å². The van der Waals surface area contributed by atoms with E-state index in [9.17, 15) is 4.79 Å². The van der Waals surface area contributed by atoms with E-state index in [2.05, 4.69) is 34.8 Å². The van der Waals surface area contributed by atoms with Gasteiger partial charge in [0.25, 0.3) is 5.91 Å². The second-order valence-corrected chi connectivity index (χ2v) is 4.98. The molecule has 0 atom stereocenters. The van der Waals surface area contributed by atoms with Crippen LogP contribution in [0.25, 0.3) is 0 Å². The van der Waals surface area contributed by atoms with Gasteiger partial charge in [-0.3, -0.25) is 4.79 Å². The fourth-order valence-electron chi connectivity index (χ4n) is 1.45. The topological polar surface area (TPSA) is 58.1 Å². The van der Waals surface area contributed by atoms with Gasteiger partial charge in [0, 0.05) is 25.9 Å². The number of anilines is 1. The molecule has 1 heterocycles. The SMILES string of the molecule is CCCCN(C)c1ncc(Cl)c(C(=O)NCCS)n1. The molecular formula is C12H19ClN4OS. The first kappa shape index (κ1) is 16.0. The van der Waals surface area contributed by atoms with Crippen LogP contribution in [0.15, 0.2) is 6.20 Å². The lowest BCUT2D eigenvalue weighted by Crippen LogP contribution is -2.28. The second-order valence-electron chi connectivity index (χ2n) is 4.12. The molecule has 19 heavy (non-hydrogen) atoms. The van der Waals surface area contributed by atoms with Crippen molar-refractivity contribution in [3.8, 4) is 0 Å². The van der Waals surface area contributed by atoms with Gasteiger partial charge in [0.1, 0.15) is 0 Å². The van der Waals surface area contributed by atoms with Gasteiger partial charge in [0.2, 0.25) is 5.95 Å². The van der Waals surface area contributed by atoms with Gasteiger partial charge in [0.15, 0.2) is 5.69 Å². The summed E-state index contributed by atoms with van der Waals surface area (Å²) >= 11 is 9.99. The first-order valence-electron chi connectivity index (χ1n) is 6.22. The molecule has 0 fully saturated rings. The normalized spacial score (nSPS) is 10.3. The fraction of sp³-hybridized carbons (Fsp3) is 0.583. The van der Waals surface area contributed by atoms with Gasteiger partial charge in [-0.1, -0.05) is 24.9 Å². The maximum Gasteiger partial charge on any atom is 0.271 e. The molecule has 1 N–H and O–H groups in total. The van der Waals surface area contributed by atoms with E-state index in [1.54, 1.807) is 0 Å². The van der Waals surface area contributed by atoms with Gasteiger partial charge < -0.3 is 10.2 Å². The Morgan fingerprint density at radius 2 is 2.32 bits per heavy atom. The third-order valence-corrected chi connectivity index (χ3v) is 3.03. The van der Waals surface area contributed by atoms with Gasteiger partial charge in [-0.15, -0.1) is 0 Å². The Kier molecular flexibility index (Phi) is 6.94. The Balaban J connectivity index is 2.84. The molecule has 106 valence electrons. The zero-order valence-corrected chi connectivity index (χ0v) is 12.8. The Labute approximate surface area is 124 Å². The average Bonchev–Trinajstić information content (AvgIpc) is 2.42. The minimum absolute atomic E-state index is 0.205. The molecule has 0 aromatic carbocycles. The Hall–Kier alpha value is -1.01. The average molecular weight is 303 g/mol. The second kappa shape index (κ2) is 8.22. The molecular weight excluding hydrogens is 284 g/mol. The molecule has 7 heteroatoms. The maximum absolute atomic E-state index is 11.9. The zero-order chi connectivity index (χ0) is 14.3. The Morgan fingerprint density at radius 3 is 2.95 bits per heavy atom. The van der Waals surface area contributed by atoms with Gasteiger partial charge in [0.05, 0.1) is 11.2 Å². The monoisotopic (exact) mass is 302 g/mol. The molecule has 0 radical (unpaired) electrons. The number of carbonyl (C=O) groups excluding carboxylic acids is 1. The molecule has 0 aliphatic carbocycles. The quantitative estimate of drug-likeness (QED) is 0.757. The van der Waals surface area contributed by atoms with E-state index in [0.29, 0.717) is 18.2 Å². The van der Waals surface area contributed by atoms with Crippen molar-refractivity contribution in [3.63, 3.8) is 0 Å². The van der Waals surface area contributed by atoms with Crippen LogP contribution in [0.5, 0.6) is 0 Å². The molecule has 1 aromatic heterocycles. The van der Waals surface area contributed by atoms with Gasteiger partial charge in [-0.05, 0) is 6.42 Å². The van der Waals surface area contributed by atoms with Crippen LogP contribution in [0.2, 0.25) is 5.02 Å². The summed E-state index contributed by atoms with van der Waals surface area (Å²) in [5, 5.41) is 2.94. The molecule has 0 saturated carbocycles. The number of nitrogens with one attached hydrogen (secondary N) is 1. The van der Waals surface area contributed by atoms with Crippen molar-refractivity contribution >= 4 is 36.1 Å². The van der Waals surface area contributed by atoms with Crippen LogP contribution in [0.4, 0.5) is 5.95 Å². The zero-order valence-electron chi connectivity index (χ0n) is 11.2. The van der Waals surface area contributed by atoms with Crippen LogP contribution in [-0.2, 0) is 0 Å². The van der Waals surface area contributed by atoms with Crippen LogP contribution in [0.3, 0.4) is 0 Å². The van der Waals surface area contributed by atoms with Crippen molar-refractivity contribution in [1.82, 2.24) is 15.3 Å². The van der Waals surface area contributed by atoms with Crippen LogP contribution in [0.1, 0.15) is 30.3 Å². The number of thiol groups is 1. The highest BCUT2D eigenvalue weighted by molar-refractivity contribution is 7.80. The summed E-state index contributed by atoms with van der Waals surface area (Å²) in [5.74, 6) is 0.776. The maximum atomic E-state index is 11.9. The number of unbranched alkanes of at least 4 members (excludes halogenated alkanes) is 1. The lowest BCUT2D eigenvalue weighted by atomic mass is 10.3. The standard InChI is InChI=1S/C12H19ClN4OS/c1-3-4-6-17(2)12-15-8-9(13)10(16-12)11(18)14-5-7-19/h8,19H,3-7H2,1-2H3,(H,14,18). The number of hydrogen-bond donors (Lipinski definition) is 2.